The number of ether oxygens (including phenoxy) is 1. The van der Waals surface area contributed by atoms with E-state index in [0.717, 1.165) is 16.8 Å². The molecule has 2 aromatic carbocycles. The number of methoxy groups -OCH3 is 1. The van der Waals surface area contributed by atoms with E-state index in [1.807, 2.05) is 31.2 Å². The van der Waals surface area contributed by atoms with E-state index in [4.69, 9.17) is 32.4 Å². The van der Waals surface area contributed by atoms with Gasteiger partial charge in [-0.1, -0.05) is 41.0 Å². The van der Waals surface area contributed by atoms with Crippen LogP contribution in [0.5, 0.6) is 5.75 Å². The van der Waals surface area contributed by atoms with E-state index in [0.29, 0.717) is 32.2 Å². The number of thioether (sulfide) groups is 1. The third-order valence-corrected chi connectivity index (χ3v) is 6.05. The molecule has 1 unspecified atom stereocenters. The van der Waals surface area contributed by atoms with Crippen LogP contribution in [0.2, 0.25) is 10.0 Å². The number of halogens is 2. The summed E-state index contributed by atoms with van der Waals surface area (Å²) in [5.41, 5.74) is 2.32. The molecular weight excluding hydrogens is 443 g/mol. The lowest BCUT2D eigenvalue weighted by atomic mass is 10.2. The maximum Gasteiger partial charge on any atom is 0.260 e. The third-order valence-electron chi connectivity index (χ3n) is 4.47. The highest BCUT2D eigenvalue weighted by molar-refractivity contribution is 8.05. The fourth-order valence-corrected chi connectivity index (χ4v) is 4.49. The Bertz CT molecular complexity index is 1140. The van der Waals surface area contributed by atoms with Gasteiger partial charge in [-0.3, -0.25) is 4.79 Å². The molecule has 1 aromatic heterocycles. The normalized spacial score (nSPS) is 17.3. The van der Waals surface area contributed by atoms with Gasteiger partial charge >= 0.3 is 0 Å². The summed E-state index contributed by atoms with van der Waals surface area (Å²) < 4.78 is 11.3. The lowest BCUT2D eigenvalue weighted by Crippen LogP contribution is -2.31. The summed E-state index contributed by atoms with van der Waals surface area (Å²) >= 11 is 13.6. The maximum atomic E-state index is 12.4. The van der Waals surface area contributed by atoms with Crippen LogP contribution < -0.4 is 15.4 Å². The van der Waals surface area contributed by atoms with E-state index in [-0.39, 0.29) is 11.4 Å². The second-order valence-electron chi connectivity index (χ2n) is 6.65. The third kappa shape index (κ3) is 4.46. The number of carbonyl (C=O) groups is 1. The van der Waals surface area contributed by atoms with E-state index in [1.165, 1.54) is 11.8 Å². The second-order valence-corrected chi connectivity index (χ2v) is 8.64. The van der Waals surface area contributed by atoms with Crippen LogP contribution in [0.25, 0.3) is 17.4 Å². The van der Waals surface area contributed by atoms with Crippen LogP contribution in [0.15, 0.2) is 57.9 Å². The molecule has 1 aliphatic rings. The van der Waals surface area contributed by atoms with Crippen LogP contribution in [-0.4, -0.2) is 18.5 Å². The van der Waals surface area contributed by atoms with Crippen LogP contribution in [0.1, 0.15) is 11.3 Å². The number of benzene rings is 2. The number of anilines is 1. The minimum Gasteiger partial charge on any atom is -0.495 e. The topological polar surface area (TPSA) is 63.5 Å². The van der Waals surface area contributed by atoms with E-state index in [2.05, 4.69) is 10.6 Å². The molecular formula is C22H18Cl2N2O3S. The molecule has 1 amide bonds. The minimum atomic E-state index is -0.320. The lowest BCUT2D eigenvalue weighted by molar-refractivity contribution is -0.116. The minimum absolute atomic E-state index is 0.174. The SMILES string of the molecule is COc1ccc(C)cc1NC1NC(=O)/C(=C/c2ccc(-c3ccc(Cl)cc3Cl)o2)S1. The van der Waals surface area contributed by atoms with Gasteiger partial charge in [0.1, 0.15) is 17.3 Å². The van der Waals surface area contributed by atoms with E-state index in [1.54, 1.807) is 37.5 Å². The van der Waals surface area contributed by atoms with E-state index in [9.17, 15) is 4.79 Å². The average Bonchev–Trinajstić information content (AvgIpc) is 3.29. The predicted octanol–water partition coefficient (Wildman–Crippen LogP) is 6.17. The first-order chi connectivity index (χ1) is 14.4. The Morgan fingerprint density at radius 2 is 2.00 bits per heavy atom. The Morgan fingerprint density at radius 3 is 2.77 bits per heavy atom. The molecule has 30 heavy (non-hydrogen) atoms. The molecule has 0 aliphatic carbocycles. The summed E-state index contributed by atoms with van der Waals surface area (Å²) in [6.45, 7) is 2.00. The number of aryl methyl sites for hydroxylation is 1. The standard InChI is InChI=1S/C22H18Cl2N2O3S/c1-12-3-7-19(28-2)17(9-12)25-22-26-21(27)20(30-22)11-14-5-8-18(29-14)15-6-4-13(23)10-16(15)24/h3-11,22,25H,1-2H3,(H,26,27)/b20-11-. The van der Waals surface area contributed by atoms with Crippen molar-refractivity contribution in [1.29, 1.82) is 0 Å². The molecule has 4 rings (SSSR count). The Balaban J connectivity index is 1.51. The van der Waals surface area contributed by atoms with Gasteiger partial charge in [-0.05, 0) is 55.0 Å². The fourth-order valence-electron chi connectivity index (χ4n) is 3.03. The van der Waals surface area contributed by atoms with Gasteiger partial charge in [-0.15, -0.1) is 0 Å². The zero-order valence-electron chi connectivity index (χ0n) is 16.2. The molecule has 1 atom stereocenters. The highest BCUT2D eigenvalue weighted by Gasteiger charge is 2.28. The van der Waals surface area contributed by atoms with E-state index >= 15 is 0 Å². The molecule has 0 bridgehead atoms. The number of amides is 1. The van der Waals surface area contributed by atoms with Gasteiger partial charge < -0.3 is 19.8 Å². The van der Waals surface area contributed by atoms with Crippen molar-refractivity contribution in [3.63, 3.8) is 0 Å². The predicted molar refractivity (Wildman–Crippen MR) is 123 cm³/mol. The van der Waals surface area contributed by atoms with Crippen LogP contribution in [-0.2, 0) is 4.79 Å². The summed E-state index contributed by atoms with van der Waals surface area (Å²) in [5, 5.41) is 7.26. The molecule has 1 fully saturated rings. The van der Waals surface area contributed by atoms with Gasteiger partial charge in [0.05, 0.1) is 22.7 Å². The molecule has 0 radical (unpaired) electrons. The maximum absolute atomic E-state index is 12.4. The van der Waals surface area contributed by atoms with Crippen LogP contribution in [0.4, 0.5) is 5.69 Å². The first kappa shape index (κ1) is 20.7. The molecule has 0 spiro atoms. The Labute approximate surface area is 188 Å². The summed E-state index contributed by atoms with van der Waals surface area (Å²) in [6.07, 6.45) is 1.71. The molecule has 0 saturated carbocycles. The van der Waals surface area contributed by atoms with Crippen molar-refractivity contribution in [3.8, 4) is 17.1 Å². The van der Waals surface area contributed by atoms with Crippen molar-refractivity contribution in [2.75, 3.05) is 12.4 Å². The summed E-state index contributed by atoms with van der Waals surface area (Å²) in [4.78, 5) is 13.0. The summed E-state index contributed by atoms with van der Waals surface area (Å²) in [6, 6.07) is 14.7. The van der Waals surface area contributed by atoms with Crippen LogP contribution >= 0.6 is 35.0 Å². The van der Waals surface area contributed by atoms with Gasteiger partial charge in [0.25, 0.3) is 5.91 Å². The molecule has 2 N–H and O–H groups in total. The molecule has 5 nitrogen and oxygen atoms in total. The summed E-state index contributed by atoms with van der Waals surface area (Å²) in [5.74, 6) is 1.70. The van der Waals surface area contributed by atoms with Crippen molar-refractivity contribution in [1.82, 2.24) is 5.32 Å². The first-order valence-corrected chi connectivity index (χ1v) is 10.7. The lowest BCUT2D eigenvalue weighted by Gasteiger charge is -2.16. The van der Waals surface area contributed by atoms with Crippen molar-refractivity contribution >= 4 is 52.6 Å². The van der Waals surface area contributed by atoms with Gasteiger partial charge in [0.15, 0.2) is 5.50 Å². The van der Waals surface area contributed by atoms with Gasteiger partial charge in [-0.2, -0.15) is 0 Å². The van der Waals surface area contributed by atoms with Crippen molar-refractivity contribution in [2.24, 2.45) is 0 Å². The largest absolute Gasteiger partial charge is 0.495 e. The van der Waals surface area contributed by atoms with Crippen molar-refractivity contribution in [3.05, 3.63) is 74.8 Å². The summed E-state index contributed by atoms with van der Waals surface area (Å²) in [7, 11) is 1.61. The first-order valence-electron chi connectivity index (χ1n) is 9.08. The highest BCUT2D eigenvalue weighted by Crippen LogP contribution is 2.35. The van der Waals surface area contributed by atoms with Crippen LogP contribution in [0.3, 0.4) is 0 Å². The Hall–Kier alpha value is -2.54. The number of nitrogens with one attached hydrogen (secondary N) is 2. The zero-order valence-corrected chi connectivity index (χ0v) is 18.5. The quantitative estimate of drug-likeness (QED) is 0.445. The number of hydrogen-bond acceptors (Lipinski definition) is 5. The van der Waals surface area contributed by atoms with Gasteiger partial charge in [0, 0.05) is 16.7 Å². The number of rotatable bonds is 5. The number of carbonyl (C=O) groups excluding carboxylic acids is 1. The highest BCUT2D eigenvalue weighted by atomic mass is 35.5. The molecule has 8 heteroatoms. The van der Waals surface area contributed by atoms with Gasteiger partial charge in [-0.25, -0.2) is 0 Å². The van der Waals surface area contributed by atoms with Crippen molar-refractivity contribution < 1.29 is 13.9 Å². The molecule has 154 valence electrons. The van der Waals surface area contributed by atoms with Crippen molar-refractivity contribution in [2.45, 2.75) is 12.4 Å². The number of hydrogen-bond donors (Lipinski definition) is 2. The van der Waals surface area contributed by atoms with E-state index < -0.39 is 0 Å². The van der Waals surface area contributed by atoms with Crippen LogP contribution in [0, 0.1) is 6.92 Å². The Morgan fingerprint density at radius 1 is 1.17 bits per heavy atom. The molecule has 3 aromatic rings. The number of furan rings is 1. The van der Waals surface area contributed by atoms with Gasteiger partial charge in [0.2, 0.25) is 0 Å². The Kier molecular flexibility index (Phi) is 5.99. The smallest absolute Gasteiger partial charge is 0.260 e. The monoisotopic (exact) mass is 460 g/mol. The zero-order chi connectivity index (χ0) is 21.3. The molecule has 1 saturated heterocycles. The molecule has 1 aliphatic heterocycles. The fraction of sp³-hybridized carbons (Fsp3) is 0.136. The molecule has 2 heterocycles. The average molecular weight is 461 g/mol. The second kappa shape index (κ2) is 8.68.